The summed E-state index contributed by atoms with van der Waals surface area (Å²) in [5, 5.41) is 4.26. The highest BCUT2D eigenvalue weighted by Gasteiger charge is 2.15. The predicted molar refractivity (Wildman–Crippen MR) is 81.1 cm³/mol. The van der Waals surface area contributed by atoms with Gasteiger partial charge in [0.2, 0.25) is 0 Å². The van der Waals surface area contributed by atoms with Crippen LogP contribution in [0.3, 0.4) is 0 Å². The standard InChI is InChI=1S/C14H22ClNO.ClH/c1-5-14(3,4)16-10-11-9-12(15)7-8-13(11)17-6-2;/h7-9,16H,5-6,10H2,1-4H3;1H. The molecule has 0 amide bonds. The summed E-state index contributed by atoms with van der Waals surface area (Å²) in [6, 6.07) is 5.76. The number of nitrogens with one attached hydrogen (secondary N) is 1. The number of ether oxygens (including phenoxy) is 1. The third-order valence-electron chi connectivity index (χ3n) is 2.96. The number of rotatable bonds is 6. The van der Waals surface area contributed by atoms with Gasteiger partial charge < -0.3 is 10.1 Å². The molecular weight excluding hydrogens is 269 g/mol. The van der Waals surface area contributed by atoms with Crippen LogP contribution in [-0.4, -0.2) is 12.1 Å². The summed E-state index contributed by atoms with van der Waals surface area (Å²) in [4.78, 5) is 0. The molecule has 0 saturated carbocycles. The van der Waals surface area contributed by atoms with Gasteiger partial charge in [-0.1, -0.05) is 18.5 Å². The van der Waals surface area contributed by atoms with Gasteiger partial charge in [0.25, 0.3) is 0 Å². The van der Waals surface area contributed by atoms with Gasteiger partial charge in [-0.2, -0.15) is 0 Å². The van der Waals surface area contributed by atoms with Gasteiger partial charge in [0.15, 0.2) is 0 Å². The number of benzene rings is 1. The maximum absolute atomic E-state index is 6.02. The summed E-state index contributed by atoms with van der Waals surface area (Å²) in [5.41, 5.74) is 1.24. The Labute approximate surface area is 121 Å². The van der Waals surface area contributed by atoms with Crippen molar-refractivity contribution in [2.75, 3.05) is 6.61 Å². The molecule has 0 bridgehead atoms. The quantitative estimate of drug-likeness (QED) is 0.837. The van der Waals surface area contributed by atoms with E-state index >= 15 is 0 Å². The zero-order valence-corrected chi connectivity index (χ0v) is 13.1. The molecule has 0 aliphatic carbocycles. The minimum atomic E-state index is 0. The van der Waals surface area contributed by atoms with Gasteiger partial charge in [-0.3, -0.25) is 0 Å². The van der Waals surface area contributed by atoms with E-state index in [2.05, 4.69) is 26.1 Å². The first-order valence-electron chi connectivity index (χ1n) is 6.14. The van der Waals surface area contributed by atoms with Crippen LogP contribution in [0.25, 0.3) is 0 Å². The van der Waals surface area contributed by atoms with Gasteiger partial charge >= 0.3 is 0 Å². The first kappa shape index (κ1) is 17.6. The van der Waals surface area contributed by atoms with E-state index in [-0.39, 0.29) is 17.9 Å². The summed E-state index contributed by atoms with van der Waals surface area (Å²) < 4.78 is 5.59. The molecule has 2 nitrogen and oxygen atoms in total. The number of hydrogen-bond acceptors (Lipinski definition) is 2. The van der Waals surface area contributed by atoms with Gasteiger partial charge in [-0.25, -0.2) is 0 Å². The highest BCUT2D eigenvalue weighted by molar-refractivity contribution is 6.30. The lowest BCUT2D eigenvalue weighted by molar-refractivity contribution is 0.328. The molecule has 18 heavy (non-hydrogen) atoms. The summed E-state index contributed by atoms with van der Waals surface area (Å²) in [6.07, 6.45) is 1.08. The van der Waals surface area contributed by atoms with Crippen molar-refractivity contribution in [3.05, 3.63) is 28.8 Å². The Morgan fingerprint density at radius 3 is 2.50 bits per heavy atom. The summed E-state index contributed by atoms with van der Waals surface area (Å²) in [7, 11) is 0. The van der Waals surface area contributed by atoms with Crippen LogP contribution in [0.2, 0.25) is 5.02 Å². The Bertz CT molecular complexity index is 367. The second-order valence-electron chi connectivity index (χ2n) is 4.78. The molecule has 0 fully saturated rings. The molecule has 1 rings (SSSR count). The molecule has 1 aromatic rings. The van der Waals surface area contributed by atoms with Crippen molar-refractivity contribution in [3.8, 4) is 5.75 Å². The molecule has 1 aromatic carbocycles. The molecule has 4 heteroatoms. The van der Waals surface area contributed by atoms with E-state index in [9.17, 15) is 0 Å². The molecule has 0 aliphatic rings. The van der Waals surface area contributed by atoms with Gasteiger partial charge in [-0.05, 0) is 45.4 Å². The number of hydrogen-bond donors (Lipinski definition) is 1. The van der Waals surface area contributed by atoms with E-state index < -0.39 is 0 Å². The molecule has 0 heterocycles. The molecular formula is C14H23Cl2NO. The van der Waals surface area contributed by atoms with Crippen molar-refractivity contribution in [3.63, 3.8) is 0 Å². The molecule has 104 valence electrons. The minimum absolute atomic E-state index is 0. The van der Waals surface area contributed by atoms with Crippen LogP contribution in [0.15, 0.2) is 18.2 Å². The maximum atomic E-state index is 6.02. The molecule has 0 unspecified atom stereocenters. The minimum Gasteiger partial charge on any atom is -0.494 e. The summed E-state index contributed by atoms with van der Waals surface area (Å²) in [6.45, 7) is 9.99. The van der Waals surface area contributed by atoms with Gasteiger partial charge in [0, 0.05) is 22.7 Å². The lowest BCUT2D eigenvalue weighted by Gasteiger charge is -2.25. The molecule has 0 aliphatic heterocycles. The van der Waals surface area contributed by atoms with E-state index in [1.54, 1.807) is 0 Å². The highest BCUT2D eigenvalue weighted by Crippen LogP contribution is 2.23. The van der Waals surface area contributed by atoms with Crippen molar-refractivity contribution < 1.29 is 4.74 Å². The highest BCUT2D eigenvalue weighted by atomic mass is 35.5. The van der Waals surface area contributed by atoms with E-state index in [1.807, 2.05) is 25.1 Å². The van der Waals surface area contributed by atoms with Crippen LogP contribution in [0.5, 0.6) is 5.75 Å². The van der Waals surface area contributed by atoms with E-state index in [0.29, 0.717) is 6.61 Å². The monoisotopic (exact) mass is 291 g/mol. The maximum Gasteiger partial charge on any atom is 0.123 e. The van der Waals surface area contributed by atoms with E-state index in [0.717, 1.165) is 29.3 Å². The largest absolute Gasteiger partial charge is 0.494 e. The predicted octanol–water partition coefficient (Wildman–Crippen LogP) is 4.44. The zero-order chi connectivity index (χ0) is 12.9. The fourth-order valence-electron chi connectivity index (χ4n) is 1.44. The topological polar surface area (TPSA) is 21.3 Å². The van der Waals surface area contributed by atoms with Gasteiger partial charge in [0.1, 0.15) is 5.75 Å². The van der Waals surface area contributed by atoms with Crippen LogP contribution in [0, 0.1) is 0 Å². The Kier molecular flexibility index (Phi) is 7.69. The van der Waals surface area contributed by atoms with E-state index in [1.165, 1.54) is 0 Å². The third-order valence-corrected chi connectivity index (χ3v) is 3.20. The van der Waals surface area contributed by atoms with Crippen LogP contribution in [0.4, 0.5) is 0 Å². The van der Waals surface area contributed by atoms with Crippen molar-refractivity contribution in [2.45, 2.75) is 46.2 Å². The smallest absolute Gasteiger partial charge is 0.123 e. The molecule has 1 N–H and O–H groups in total. The molecule has 0 spiro atoms. The zero-order valence-electron chi connectivity index (χ0n) is 11.5. The Morgan fingerprint density at radius 2 is 1.94 bits per heavy atom. The van der Waals surface area contributed by atoms with Crippen molar-refractivity contribution in [2.24, 2.45) is 0 Å². The van der Waals surface area contributed by atoms with Crippen molar-refractivity contribution in [1.82, 2.24) is 5.32 Å². The second-order valence-corrected chi connectivity index (χ2v) is 5.21. The van der Waals surface area contributed by atoms with Crippen LogP contribution in [-0.2, 0) is 6.54 Å². The fourth-order valence-corrected chi connectivity index (χ4v) is 1.64. The first-order valence-corrected chi connectivity index (χ1v) is 6.52. The van der Waals surface area contributed by atoms with E-state index in [4.69, 9.17) is 16.3 Å². The van der Waals surface area contributed by atoms with Crippen molar-refractivity contribution >= 4 is 24.0 Å². The molecule has 0 atom stereocenters. The second kappa shape index (κ2) is 7.88. The van der Waals surface area contributed by atoms with Crippen molar-refractivity contribution in [1.29, 1.82) is 0 Å². The average molecular weight is 292 g/mol. The Hall–Kier alpha value is -0.440. The average Bonchev–Trinajstić information content (AvgIpc) is 2.30. The van der Waals surface area contributed by atoms with Crippen LogP contribution >= 0.6 is 24.0 Å². The normalized spacial score (nSPS) is 10.9. The Balaban J connectivity index is 0.00000289. The number of halogens is 2. The lowest BCUT2D eigenvalue weighted by atomic mass is 10.0. The van der Waals surface area contributed by atoms with Gasteiger partial charge in [0.05, 0.1) is 6.61 Å². The fraction of sp³-hybridized carbons (Fsp3) is 0.571. The molecule has 0 saturated heterocycles. The van der Waals surface area contributed by atoms with Gasteiger partial charge in [-0.15, -0.1) is 12.4 Å². The lowest BCUT2D eigenvalue weighted by Crippen LogP contribution is -2.37. The summed E-state index contributed by atoms with van der Waals surface area (Å²) >= 11 is 6.02. The third kappa shape index (κ3) is 5.47. The van der Waals surface area contributed by atoms with Crippen LogP contribution < -0.4 is 10.1 Å². The Morgan fingerprint density at radius 1 is 1.28 bits per heavy atom. The molecule has 0 radical (unpaired) electrons. The van der Waals surface area contributed by atoms with Crippen LogP contribution in [0.1, 0.15) is 39.7 Å². The first-order chi connectivity index (χ1) is 7.98. The summed E-state index contributed by atoms with van der Waals surface area (Å²) in [5.74, 6) is 0.913. The molecule has 0 aromatic heterocycles. The SMILES string of the molecule is CCOc1ccc(Cl)cc1CNC(C)(C)CC.Cl.